The van der Waals surface area contributed by atoms with Crippen LogP contribution in [0.2, 0.25) is 5.02 Å². The molecule has 1 aromatic heterocycles. The summed E-state index contributed by atoms with van der Waals surface area (Å²) in [5.74, 6) is 0. The number of nitrogen functional groups attached to an aromatic ring is 2. The molecule has 1 heterocycles. The number of fused-ring (bicyclic) bond motifs is 2. The van der Waals surface area contributed by atoms with Crippen LogP contribution in [-0.2, 0) is 0 Å². The van der Waals surface area contributed by atoms with Gasteiger partial charge in [0.05, 0.1) is 0 Å². The van der Waals surface area contributed by atoms with Gasteiger partial charge in [-0.2, -0.15) is 0 Å². The molecule has 124 valence electrons. The van der Waals surface area contributed by atoms with Crippen LogP contribution in [-0.4, -0.2) is 4.98 Å². The second-order valence-electron chi connectivity index (χ2n) is 6.32. The van der Waals surface area contributed by atoms with E-state index < -0.39 is 0 Å². The van der Waals surface area contributed by atoms with Gasteiger partial charge in [-0.25, -0.2) is 4.98 Å². The Labute approximate surface area is 150 Å². The topological polar surface area (TPSA) is 68.8 Å². The second-order valence-corrected chi connectivity index (χ2v) is 6.76. The van der Waals surface area contributed by atoms with Crippen LogP contribution in [0.1, 0.15) is 11.1 Å². The predicted molar refractivity (Wildman–Crippen MR) is 104 cm³/mol. The third kappa shape index (κ3) is 2.55. The van der Waals surface area contributed by atoms with Gasteiger partial charge in [-0.3, -0.25) is 0 Å². The third-order valence-electron chi connectivity index (χ3n) is 4.53. The van der Waals surface area contributed by atoms with Crippen molar-refractivity contribution in [2.45, 2.75) is 13.8 Å². The van der Waals surface area contributed by atoms with Crippen molar-refractivity contribution in [1.82, 2.24) is 4.98 Å². The van der Waals surface area contributed by atoms with E-state index >= 15 is 0 Å². The van der Waals surface area contributed by atoms with Crippen molar-refractivity contribution in [1.29, 1.82) is 0 Å². The van der Waals surface area contributed by atoms with Crippen LogP contribution in [0.4, 0.5) is 11.4 Å². The van der Waals surface area contributed by atoms with Gasteiger partial charge in [0.15, 0.2) is 0 Å². The summed E-state index contributed by atoms with van der Waals surface area (Å²) in [7, 11) is 0. The minimum atomic E-state index is 0.692. The smallest absolute Gasteiger partial charge is 0.239 e. The molecule has 5 heteroatoms. The first-order valence-electron chi connectivity index (χ1n) is 8.02. The van der Waals surface area contributed by atoms with E-state index in [1.807, 2.05) is 62.4 Å². The van der Waals surface area contributed by atoms with E-state index in [0.29, 0.717) is 5.02 Å². The second kappa shape index (κ2) is 5.60. The summed E-state index contributed by atoms with van der Waals surface area (Å²) < 4.78 is 2.12. The van der Waals surface area contributed by atoms with E-state index in [1.165, 1.54) is 0 Å². The monoisotopic (exact) mass is 349 g/mol. The molecule has 0 saturated carbocycles. The van der Waals surface area contributed by atoms with Crippen LogP contribution in [0, 0.1) is 13.8 Å². The number of rotatable bonds is 1. The summed E-state index contributed by atoms with van der Waals surface area (Å²) >= 11 is 6.07. The van der Waals surface area contributed by atoms with Gasteiger partial charge in [-0.15, -0.1) is 4.57 Å². The molecule has 0 spiro atoms. The number of aromatic nitrogens is 2. The standard InChI is InChI=1S/C20H17ClN4/c1-11-7-17-19(9-15(11)22)25(14-5-3-13(21)4-6-14)20-10-16(23)12(2)8-18(20)24-17/h3-10H,1-2H3,(H3,22,23)/p+1. The molecule has 4 nitrogen and oxygen atoms in total. The Morgan fingerprint density at radius 1 is 0.800 bits per heavy atom. The first-order valence-corrected chi connectivity index (χ1v) is 8.39. The highest BCUT2D eigenvalue weighted by Crippen LogP contribution is 2.25. The van der Waals surface area contributed by atoms with Gasteiger partial charge < -0.3 is 11.5 Å². The molecule has 4 rings (SSSR count). The Hall–Kier alpha value is -2.85. The predicted octanol–water partition coefficient (Wildman–Crippen LogP) is 4.10. The Morgan fingerprint density at radius 3 is 1.76 bits per heavy atom. The molecule has 4 aromatic rings. The van der Waals surface area contributed by atoms with Gasteiger partial charge in [-0.1, -0.05) is 11.6 Å². The van der Waals surface area contributed by atoms with Gasteiger partial charge in [0.2, 0.25) is 16.7 Å². The number of nitrogens with zero attached hydrogens (tertiary/aromatic N) is 2. The van der Waals surface area contributed by atoms with Crippen LogP contribution in [0.5, 0.6) is 0 Å². The van der Waals surface area contributed by atoms with Crippen molar-refractivity contribution in [3.05, 3.63) is 64.7 Å². The number of halogens is 1. The zero-order chi connectivity index (χ0) is 17.7. The van der Waals surface area contributed by atoms with E-state index in [1.54, 1.807) is 0 Å². The lowest BCUT2D eigenvalue weighted by Gasteiger charge is -2.09. The minimum absolute atomic E-state index is 0.692. The Balaban J connectivity index is 2.22. The minimum Gasteiger partial charge on any atom is -0.398 e. The zero-order valence-electron chi connectivity index (χ0n) is 14.0. The SMILES string of the molecule is Cc1cc2nc3cc(C)c(N)cc3[n+](-c3ccc(Cl)cc3)c2cc1N. The molecule has 0 aliphatic carbocycles. The Morgan fingerprint density at radius 2 is 1.28 bits per heavy atom. The molecule has 0 aliphatic rings. The van der Waals surface area contributed by atoms with E-state index in [-0.39, 0.29) is 0 Å². The maximum Gasteiger partial charge on any atom is 0.239 e. The van der Waals surface area contributed by atoms with Gasteiger partial charge in [-0.05, 0) is 49.2 Å². The molecule has 0 aliphatic heterocycles. The Bertz CT molecular complexity index is 1070. The summed E-state index contributed by atoms with van der Waals surface area (Å²) in [5.41, 5.74) is 20.4. The van der Waals surface area contributed by atoms with Crippen molar-refractivity contribution in [3.8, 4) is 5.69 Å². The molecule has 0 saturated heterocycles. The fourth-order valence-corrected chi connectivity index (χ4v) is 3.19. The molecule has 0 amide bonds. The van der Waals surface area contributed by atoms with Gasteiger partial charge in [0.25, 0.3) is 0 Å². The molecule has 0 unspecified atom stereocenters. The van der Waals surface area contributed by atoms with Crippen molar-refractivity contribution >= 4 is 45.0 Å². The van der Waals surface area contributed by atoms with E-state index in [9.17, 15) is 0 Å². The molecular weight excluding hydrogens is 332 g/mol. The lowest BCUT2D eigenvalue weighted by atomic mass is 10.1. The van der Waals surface area contributed by atoms with Crippen molar-refractivity contribution < 1.29 is 4.57 Å². The lowest BCUT2D eigenvalue weighted by molar-refractivity contribution is -0.538. The number of nitrogens with two attached hydrogens (primary N) is 2. The summed E-state index contributed by atoms with van der Waals surface area (Å²) in [5, 5.41) is 0.692. The maximum atomic E-state index is 6.17. The summed E-state index contributed by atoms with van der Waals surface area (Å²) in [6, 6.07) is 15.7. The number of aryl methyl sites for hydroxylation is 2. The summed E-state index contributed by atoms with van der Waals surface area (Å²) in [6.07, 6.45) is 0. The number of anilines is 2. The van der Waals surface area contributed by atoms with E-state index in [4.69, 9.17) is 28.1 Å². The first-order chi connectivity index (χ1) is 11.9. The highest BCUT2D eigenvalue weighted by molar-refractivity contribution is 6.30. The average Bonchev–Trinajstić information content (AvgIpc) is 2.57. The fraction of sp³-hybridized carbons (Fsp3) is 0.100. The first kappa shape index (κ1) is 15.7. The number of benzene rings is 3. The summed E-state index contributed by atoms with van der Waals surface area (Å²) in [6.45, 7) is 3.98. The van der Waals surface area contributed by atoms with Crippen LogP contribution < -0.4 is 16.0 Å². The molecule has 25 heavy (non-hydrogen) atoms. The summed E-state index contributed by atoms with van der Waals surface area (Å²) in [4.78, 5) is 4.83. The molecule has 0 radical (unpaired) electrons. The van der Waals surface area contributed by atoms with Gasteiger partial charge in [0.1, 0.15) is 11.0 Å². The van der Waals surface area contributed by atoms with Gasteiger partial charge in [0, 0.05) is 40.7 Å². The van der Waals surface area contributed by atoms with E-state index in [0.717, 1.165) is 50.3 Å². The molecule has 0 bridgehead atoms. The molecule has 0 atom stereocenters. The maximum absolute atomic E-state index is 6.17. The van der Waals surface area contributed by atoms with Crippen molar-refractivity contribution in [2.75, 3.05) is 11.5 Å². The third-order valence-corrected chi connectivity index (χ3v) is 4.79. The van der Waals surface area contributed by atoms with Crippen molar-refractivity contribution in [2.24, 2.45) is 0 Å². The molecule has 4 N–H and O–H groups in total. The lowest BCUT2D eigenvalue weighted by Crippen LogP contribution is -2.33. The fourth-order valence-electron chi connectivity index (χ4n) is 3.06. The largest absolute Gasteiger partial charge is 0.398 e. The Kier molecular flexibility index (Phi) is 3.51. The van der Waals surface area contributed by atoms with Crippen LogP contribution in [0.3, 0.4) is 0 Å². The van der Waals surface area contributed by atoms with E-state index in [2.05, 4.69) is 4.57 Å². The molecule has 3 aromatic carbocycles. The molecule has 0 fully saturated rings. The normalized spacial score (nSPS) is 11.3. The average molecular weight is 350 g/mol. The highest BCUT2D eigenvalue weighted by Gasteiger charge is 2.21. The van der Waals surface area contributed by atoms with Crippen molar-refractivity contribution in [3.63, 3.8) is 0 Å². The number of hydrogen-bond donors (Lipinski definition) is 2. The van der Waals surface area contributed by atoms with Crippen LogP contribution >= 0.6 is 11.6 Å². The van der Waals surface area contributed by atoms with Crippen LogP contribution in [0.25, 0.3) is 27.8 Å². The highest BCUT2D eigenvalue weighted by atomic mass is 35.5. The van der Waals surface area contributed by atoms with Crippen LogP contribution in [0.15, 0.2) is 48.5 Å². The zero-order valence-corrected chi connectivity index (χ0v) is 14.8. The van der Waals surface area contributed by atoms with Gasteiger partial charge >= 0.3 is 0 Å². The quantitative estimate of drug-likeness (QED) is 0.309. The molecular formula is C20H18ClN4+. The number of hydrogen-bond acceptors (Lipinski definition) is 3.